The van der Waals surface area contributed by atoms with Gasteiger partial charge in [-0.15, -0.1) is 0 Å². The lowest BCUT2D eigenvalue weighted by molar-refractivity contribution is 0.433. The molecule has 0 saturated heterocycles. The zero-order chi connectivity index (χ0) is 7.30. The predicted molar refractivity (Wildman–Crippen MR) is 42.3 cm³/mol. The van der Waals surface area contributed by atoms with Crippen LogP contribution in [0.4, 0.5) is 0 Å². The Morgan fingerprint density at radius 2 is 2.10 bits per heavy atom. The van der Waals surface area contributed by atoms with E-state index in [1.807, 2.05) is 0 Å². The summed E-state index contributed by atoms with van der Waals surface area (Å²) in [4.78, 5) is 0. The van der Waals surface area contributed by atoms with Crippen molar-refractivity contribution in [2.75, 3.05) is 0 Å². The molecule has 0 amide bonds. The Balaban J connectivity index is 2.13. The minimum absolute atomic E-state index is 0.698. The summed E-state index contributed by atoms with van der Waals surface area (Å²) < 4.78 is 0. The first-order valence-electron chi connectivity index (χ1n) is 4.29. The van der Waals surface area contributed by atoms with Gasteiger partial charge in [0, 0.05) is 11.6 Å². The van der Waals surface area contributed by atoms with Crippen LogP contribution in [0.5, 0.6) is 0 Å². The van der Waals surface area contributed by atoms with E-state index in [-0.39, 0.29) is 0 Å². The van der Waals surface area contributed by atoms with E-state index >= 15 is 0 Å². The molecule has 0 aliphatic heterocycles. The first-order chi connectivity index (χ1) is 4.72. The molecular formula is C9H15N. The maximum absolute atomic E-state index is 7.66. The summed E-state index contributed by atoms with van der Waals surface area (Å²) >= 11 is 0. The van der Waals surface area contributed by atoms with Gasteiger partial charge in [0.25, 0.3) is 0 Å². The predicted octanol–water partition coefficient (Wildman–Crippen LogP) is 2.32. The molecule has 0 spiro atoms. The summed E-state index contributed by atoms with van der Waals surface area (Å²) in [5.41, 5.74) is 1.04. The third-order valence-corrected chi connectivity index (χ3v) is 3.38. The van der Waals surface area contributed by atoms with Crippen LogP contribution in [-0.2, 0) is 0 Å². The Kier molecular flexibility index (Phi) is 1.17. The van der Waals surface area contributed by atoms with Crippen molar-refractivity contribution < 1.29 is 0 Å². The van der Waals surface area contributed by atoms with Crippen molar-refractivity contribution in [1.29, 1.82) is 5.41 Å². The van der Waals surface area contributed by atoms with Crippen molar-refractivity contribution in [3.05, 3.63) is 0 Å². The highest BCUT2D eigenvalue weighted by atomic mass is 14.6. The largest absolute Gasteiger partial charge is 0.309 e. The van der Waals surface area contributed by atoms with Crippen molar-refractivity contribution >= 4 is 5.71 Å². The topological polar surface area (TPSA) is 23.9 Å². The van der Waals surface area contributed by atoms with Gasteiger partial charge >= 0.3 is 0 Å². The fraction of sp³-hybridized carbons (Fsp3) is 0.889. The standard InChI is InChI=1S/C9H15N/c1-5-3-4-7(10)9-6(2)8(5)9/h5-6,8-10H,3-4H2,1-2H3. The Labute approximate surface area is 62.3 Å². The number of fused-ring (bicyclic) bond motifs is 1. The smallest absolute Gasteiger partial charge is 0.0126 e. The Bertz CT molecular complexity index is 174. The zero-order valence-electron chi connectivity index (χ0n) is 6.72. The average Bonchev–Trinajstić information content (AvgIpc) is 2.55. The number of nitrogens with one attached hydrogen (secondary N) is 1. The molecule has 0 aromatic heterocycles. The average molecular weight is 137 g/mol. The van der Waals surface area contributed by atoms with Gasteiger partial charge in [0.1, 0.15) is 0 Å². The van der Waals surface area contributed by atoms with Gasteiger partial charge in [0.2, 0.25) is 0 Å². The van der Waals surface area contributed by atoms with Crippen LogP contribution in [-0.4, -0.2) is 5.71 Å². The lowest BCUT2D eigenvalue weighted by Crippen LogP contribution is -2.13. The first kappa shape index (κ1) is 6.38. The summed E-state index contributed by atoms with van der Waals surface area (Å²) in [6, 6.07) is 0. The van der Waals surface area contributed by atoms with Gasteiger partial charge in [-0.05, 0) is 30.6 Å². The molecule has 0 bridgehead atoms. The van der Waals surface area contributed by atoms with Crippen molar-refractivity contribution in [2.24, 2.45) is 23.7 Å². The Morgan fingerprint density at radius 3 is 2.70 bits per heavy atom. The molecule has 10 heavy (non-hydrogen) atoms. The van der Waals surface area contributed by atoms with Crippen molar-refractivity contribution in [1.82, 2.24) is 0 Å². The van der Waals surface area contributed by atoms with Crippen LogP contribution in [0.2, 0.25) is 0 Å². The van der Waals surface area contributed by atoms with Crippen LogP contribution in [0, 0.1) is 29.1 Å². The summed E-state index contributed by atoms with van der Waals surface area (Å²) in [7, 11) is 0. The van der Waals surface area contributed by atoms with Gasteiger partial charge in [0.05, 0.1) is 0 Å². The fourth-order valence-electron chi connectivity index (χ4n) is 2.66. The summed E-state index contributed by atoms with van der Waals surface area (Å²) in [5, 5.41) is 7.66. The Hall–Kier alpha value is -0.330. The Morgan fingerprint density at radius 1 is 1.40 bits per heavy atom. The van der Waals surface area contributed by atoms with E-state index in [9.17, 15) is 0 Å². The monoisotopic (exact) mass is 137 g/mol. The number of rotatable bonds is 0. The van der Waals surface area contributed by atoms with Crippen LogP contribution in [0.3, 0.4) is 0 Å². The van der Waals surface area contributed by atoms with E-state index in [2.05, 4.69) is 13.8 Å². The molecule has 4 atom stereocenters. The molecule has 0 aromatic carbocycles. The minimum atomic E-state index is 0.698. The van der Waals surface area contributed by atoms with E-state index in [1.54, 1.807) is 0 Å². The van der Waals surface area contributed by atoms with E-state index < -0.39 is 0 Å². The highest BCUT2D eigenvalue weighted by Crippen LogP contribution is 2.55. The second-order valence-electron chi connectivity index (χ2n) is 4.00. The highest BCUT2D eigenvalue weighted by Gasteiger charge is 2.53. The van der Waals surface area contributed by atoms with Gasteiger partial charge in [0.15, 0.2) is 0 Å². The molecular weight excluding hydrogens is 122 g/mol. The molecule has 2 aliphatic carbocycles. The third kappa shape index (κ3) is 0.664. The van der Waals surface area contributed by atoms with Crippen molar-refractivity contribution in [3.8, 4) is 0 Å². The van der Waals surface area contributed by atoms with Crippen LogP contribution >= 0.6 is 0 Å². The molecule has 0 aromatic rings. The summed E-state index contributed by atoms with van der Waals surface area (Å²) in [5.74, 6) is 3.32. The molecule has 1 N–H and O–H groups in total. The highest BCUT2D eigenvalue weighted by molar-refractivity contribution is 5.87. The molecule has 2 saturated carbocycles. The zero-order valence-corrected chi connectivity index (χ0v) is 6.72. The molecule has 0 heterocycles. The van der Waals surface area contributed by atoms with E-state index in [4.69, 9.17) is 5.41 Å². The van der Waals surface area contributed by atoms with Crippen molar-refractivity contribution in [2.45, 2.75) is 26.7 Å². The van der Waals surface area contributed by atoms with Crippen LogP contribution in [0.15, 0.2) is 0 Å². The molecule has 56 valence electrons. The fourth-order valence-corrected chi connectivity index (χ4v) is 2.66. The third-order valence-electron chi connectivity index (χ3n) is 3.38. The molecule has 0 radical (unpaired) electrons. The van der Waals surface area contributed by atoms with Gasteiger partial charge in [-0.2, -0.15) is 0 Å². The maximum atomic E-state index is 7.66. The first-order valence-corrected chi connectivity index (χ1v) is 4.29. The van der Waals surface area contributed by atoms with Crippen LogP contribution < -0.4 is 0 Å². The second-order valence-corrected chi connectivity index (χ2v) is 4.00. The van der Waals surface area contributed by atoms with E-state index in [0.717, 1.165) is 29.9 Å². The van der Waals surface area contributed by atoms with E-state index in [0.29, 0.717) is 5.92 Å². The maximum Gasteiger partial charge on any atom is 0.0126 e. The molecule has 4 unspecified atom stereocenters. The summed E-state index contributed by atoms with van der Waals surface area (Å²) in [6.45, 7) is 4.64. The molecule has 2 rings (SSSR count). The summed E-state index contributed by atoms with van der Waals surface area (Å²) in [6.07, 6.45) is 2.34. The normalized spacial score (nSPS) is 52.4. The second kappa shape index (κ2) is 1.84. The number of hydrogen-bond donors (Lipinski definition) is 1. The van der Waals surface area contributed by atoms with Crippen LogP contribution in [0.25, 0.3) is 0 Å². The lowest BCUT2D eigenvalue weighted by Gasteiger charge is -2.16. The van der Waals surface area contributed by atoms with E-state index in [1.165, 1.54) is 6.42 Å². The van der Waals surface area contributed by atoms with Crippen LogP contribution in [0.1, 0.15) is 26.7 Å². The number of hydrogen-bond acceptors (Lipinski definition) is 1. The van der Waals surface area contributed by atoms with Gasteiger partial charge in [-0.1, -0.05) is 13.8 Å². The molecule has 2 aliphatic rings. The van der Waals surface area contributed by atoms with Gasteiger partial charge in [-0.3, -0.25) is 0 Å². The lowest BCUT2D eigenvalue weighted by atomic mass is 9.89. The molecule has 1 heteroatoms. The van der Waals surface area contributed by atoms with Crippen molar-refractivity contribution in [3.63, 3.8) is 0 Å². The quantitative estimate of drug-likeness (QED) is 0.530. The minimum Gasteiger partial charge on any atom is -0.309 e. The van der Waals surface area contributed by atoms with Gasteiger partial charge < -0.3 is 5.41 Å². The SMILES string of the molecule is CC1CCC(=N)C2C(C)C12. The molecule has 1 nitrogen and oxygen atoms in total. The van der Waals surface area contributed by atoms with Gasteiger partial charge in [-0.25, -0.2) is 0 Å². The molecule has 2 fully saturated rings.